The third kappa shape index (κ3) is 2.23. The van der Waals surface area contributed by atoms with E-state index in [1.54, 1.807) is 0 Å². The third-order valence-corrected chi connectivity index (χ3v) is 3.75. The van der Waals surface area contributed by atoms with E-state index in [4.69, 9.17) is 15.2 Å². The molecule has 17 heavy (non-hydrogen) atoms. The monoisotopic (exact) mass is 235 g/mol. The predicted molar refractivity (Wildman–Crippen MR) is 67.5 cm³/mol. The van der Waals surface area contributed by atoms with Crippen LogP contribution in [0.15, 0.2) is 30.3 Å². The van der Waals surface area contributed by atoms with Crippen LogP contribution in [0.4, 0.5) is 0 Å². The first-order valence-corrected chi connectivity index (χ1v) is 6.00. The van der Waals surface area contributed by atoms with Crippen LogP contribution in [-0.4, -0.2) is 17.5 Å². The first kappa shape index (κ1) is 12.6. The molecule has 1 heterocycles. The van der Waals surface area contributed by atoms with Crippen LogP contribution in [0.1, 0.15) is 39.3 Å². The Morgan fingerprint density at radius 2 is 1.47 bits per heavy atom. The zero-order valence-electron chi connectivity index (χ0n) is 10.9. The molecule has 0 saturated carbocycles. The molecular formula is C14H21NO2. The van der Waals surface area contributed by atoms with Crippen LogP contribution in [-0.2, 0) is 9.47 Å². The number of rotatable bonds is 2. The second-order valence-corrected chi connectivity index (χ2v) is 5.56. The molecule has 0 aromatic heterocycles. The summed E-state index contributed by atoms with van der Waals surface area (Å²) in [5.41, 5.74) is 6.57. The predicted octanol–water partition coefficient (Wildman–Crippen LogP) is 2.62. The Labute approximate surface area is 103 Å². The fourth-order valence-corrected chi connectivity index (χ4v) is 1.87. The highest BCUT2D eigenvalue weighted by molar-refractivity contribution is 5.19. The fraction of sp³-hybridized carbons (Fsp3) is 0.571. The van der Waals surface area contributed by atoms with Crippen LogP contribution >= 0.6 is 0 Å². The normalized spacial score (nSPS) is 24.8. The summed E-state index contributed by atoms with van der Waals surface area (Å²) >= 11 is 0. The molecule has 2 N–H and O–H groups in total. The third-order valence-electron chi connectivity index (χ3n) is 3.75. The molecule has 1 fully saturated rings. The number of nitrogens with two attached hydrogens (primary N) is 1. The molecule has 0 aliphatic carbocycles. The summed E-state index contributed by atoms with van der Waals surface area (Å²) in [6, 6.07) is 9.66. The lowest BCUT2D eigenvalue weighted by Crippen LogP contribution is -2.41. The average Bonchev–Trinajstić information content (AvgIpc) is 2.48. The van der Waals surface area contributed by atoms with Crippen molar-refractivity contribution in [2.24, 2.45) is 5.73 Å². The SMILES string of the molecule is CC1(C)OC([C@H](N)c2ccccc2)OC1(C)C. The zero-order valence-corrected chi connectivity index (χ0v) is 10.9. The second-order valence-electron chi connectivity index (χ2n) is 5.56. The van der Waals surface area contributed by atoms with Gasteiger partial charge in [0, 0.05) is 0 Å². The molecule has 1 aromatic rings. The Morgan fingerprint density at radius 3 is 1.94 bits per heavy atom. The fourth-order valence-electron chi connectivity index (χ4n) is 1.87. The topological polar surface area (TPSA) is 44.5 Å². The molecule has 1 saturated heterocycles. The van der Waals surface area contributed by atoms with Gasteiger partial charge in [-0.3, -0.25) is 0 Å². The maximum absolute atomic E-state index is 6.19. The van der Waals surface area contributed by atoms with Crippen LogP contribution in [0.25, 0.3) is 0 Å². The minimum atomic E-state index is -0.387. The Balaban J connectivity index is 2.17. The lowest BCUT2D eigenvalue weighted by Gasteiger charge is -2.30. The summed E-state index contributed by atoms with van der Waals surface area (Å²) in [5.74, 6) is 0. The maximum Gasteiger partial charge on any atom is 0.178 e. The molecular weight excluding hydrogens is 214 g/mol. The summed E-state index contributed by atoms with van der Waals surface area (Å²) in [4.78, 5) is 0. The quantitative estimate of drug-likeness (QED) is 0.857. The van der Waals surface area contributed by atoms with E-state index < -0.39 is 0 Å². The van der Waals surface area contributed by atoms with Crippen molar-refractivity contribution in [1.82, 2.24) is 0 Å². The maximum atomic E-state index is 6.19. The summed E-state index contributed by atoms with van der Waals surface area (Å²) < 4.78 is 11.9. The Bertz CT molecular complexity index is 370. The first-order chi connectivity index (χ1) is 7.83. The highest BCUT2D eigenvalue weighted by atomic mass is 16.7. The molecule has 2 rings (SSSR count). The van der Waals surface area contributed by atoms with Crippen molar-refractivity contribution in [2.45, 2.75) is 51.2 Å². The molecule has 0 spiro atoms. The molecule has 1 aromatic carbocycles. The second kappa shape index (κ2) is 4.09. The zero-order chi connectivity index (χ0) is 12.7. The van der Waals surface area contributed by atoms with Gasteiger partial charge < -0.3 is 15.2 Å². The van der Waals surface area contributed by atoms with Crippen molar-refractivity contribution in [3.05, 3.63) is 35.9 Å². The standard InChI is InChI=1S/C14H21NO2/c1-13(2)14(3,4)17-12(16-13)11(15)10-8-6-5-7-9-10/h5-9,11-12H,15H2,1-4H3/t11-/m1/s1. The van der Waals surface area contributed by atoms with Crippen molar-refractivity contribution in [2.75, 3.05) is 0 Å². The van der Waals surface area contributed by atoms with Gasteiger partial charge in [0.25, 0.3) is 0 Å². The lowest BCUT2D eigenvalue weighted by atomic mass is 9.90. The van der Waals surface area contributed by atoms with E-state index in [-0.39, 0.29) is 23.5 Å². The minimum Gasteiger partial charge on any atom is -0.342 e. The molecule has 1 aliphatic heterocycles. The van der Waals surface area contributed by atoms with E-state index in [1.807, 2.05) is 58.0 Å². The molecule has 0 unspecified atom stereocenters. The number of hydrogen-bond acceptors (Lipinski definition) is 3. The molecule has 3 heteroatoms. The smallest absolute Gasteiger partial charge is 0.178 e. The minimum absolute atomic E-state index is 0.253. The molecule has 0 bridgehead atoms. The van der Waals surface area contributed by atoms with E-state index in [1.165, 1.54) is 0 Å². The van der Waals surface area contributed by atoms with Gasteiger partial charge in [-0.05, 0) is 33.3 Å². The van der Waals surface area contributed by atoms with E-state index >= 15 is 0 Å². The van der Waals surface area contributed by atoms with Gasteiger partial charge >= 0.3 is 0 Å². The Morgan fingerprint density at radius 1 is 1.00 bits per heavy atom. The molecule has 0 amide bonds. The summed E-state index contributed by atoms with van der Waals surface area (Å²) in [6.45, 7) is 8.13. The van der Waals surface area contributed by atoms with Crippen molar-refractivity contribution < 1.29 is 9.47 Å². The largest absolute Gasteiger partial charge is 0.342 e. The molecule has 0 radical (unpaired) electrons. The highest BCUT2D eigenvalue weighted by Crippen LogP contribution is 2.41. The summed E-state index contributed by atoms with van der Waals surface area (Å²) in [7, 11) is 0. The van der Waals surface area contributed by atoms with Gasteiger partial charge in [0.1, 0.15) is 0 Å². The average molecular weight is 235 g/mol. The van der Waals surface area contributed by atoms with Crippen LogP contribution in [0.5, 0.6) is 0 Å². The van der Waals surface area contributed by atoms with Gasteiger partial charge in [-0.1, -0.05) is 30.3 Å². The van der Waals surface area contributed by atoms with E-state index in [0.717, 1.165) is 5.56 Å². The van der Waals surface area contributed by atoms with Gasteiger partial charge in [0.05, 0.1) is 17.2 Å². The highest BCUT2D eigenvalue weighted by Gasteiger charge is 2.50. The van der Waals surface area contributed by atoms with Crippen LogP contribution in [0.2, 0.25) is 0 Å². The summed E-state index contributed by atoms with van der Waals surface area (Å²) in [6.07, 6.45) is -0.387. The van der Waals surface area contributed by atoms with E-state index in [9.17, 15) is 0 Å². The van der Waals surface area contributed by atoms with Crippen molar-refractivity contribution in [3.63, 3.8) is 0 Å². The molecule has 3 nitrogen and oxygen atoms in total. The van der Waals surface area contributed by atoms with E-state index in [2.05, 4.69) is 0 Å². The van der Waals surface area contributed by atoms with Crippen LogP contribution in [0, 0.1) is 0 Å². The molecule has 94 valence electrons. The lowest BCUT2D eigenvalue weighted by molar-refractivity contribution is -0.102. The Hall–Kier alpha value is -0.900. The number of benzene rings is 1. The number of hydrogen-bond donors (Lipinski definition) is 1. The number of ether oxygens (including phenoxy) is 2. The Kier molecular flexibility index (Phi) is 3.02. The van der Waals surface area contributed by atoms with Gasteiger partial charge in [-0.2, -0.15) is 0 Å². The van der Waals surface area contributed by atoms with Crippen LogP contribution in [0.3, 0.4) is 0 Å². The summed E-state index contributed by atoms with van der Waals surface area (Å²) in [5, 5.41) is 0. The van der Waals surface area contributed by atoms with Crippen molar-refractivity contribution in [1.29, 1.82) is 0 Å². The van der Waals surface area contributed by atoms with Crippen LogP contribution < -0.4 is 5.73 Å². The van der Waals surface area contributed by atoms with Gasteiger partial charge in [-0.25, -0.2) is 0 Å². The van der Waals surface area contributed by atoms with Crippen molar-refractivity contribution >= 4 is 0 Å². The molecule has 1 atom stereocenters. The molecule has 1 aliphatic rings. The first-order valence-electron chi connectivity index (χ1n) is 6.00. The van der Waals surface area contributed by atoms with Gasteiger partial charge in [0.15, 0.2) is 6.29 Å². The van der Waals surface area contributed by atoms with Gasteiger partial charge in [-0.15, -0.1) is 0 Å². The van der Waals surface area contributed by atoms with E-state index in [0.29, 0.717) is 0 Å². The van der Waals surface area contributed by atoms with Crippen molar-refractivity contribution in [3.8, 4) is 0 Å². The van der Waals surface area contributed by atoms with Gasteiger partial charge in [0.2, 0.25) is 0 Å².